The van der Waals surface area contributed by atoms with Gasteiger partial charge in [-0.05, 0) is 30.7 Å². The minimum Gasteiger partial charge on any atom is -0.494 e. The zero-order valence-electron chi connectivity index (χ0n) is 17.7. The van der Waals surface area contributed by atoms with Crippen molar-refractivity contribution in [2.75, 3.05) is 46.1 Å². The molecule has 1 saturated heterocycles. The van der Waals surface area contributed by atoms with E-state index in [0.29, 0.717) is 0 Å². The first-order valence-electron chi connectivity index (χ1n) is 10.6. The summed E-state index contributed by atoms with van der Waals surface area (Å²) in [6, 6.07) is 18.8. The van der Waals surface area contributed by atoms with Crippen molar-refractivity contribution in [1.82, 2.24) is 0 Å². The van der Waals surface area contributed by atoms with Gasteiger partial charge in [-0.15, -0.1) is 0 Å². The molecule has 0 saturated carbocycles. The minimum absolute atomic E-state index is 0. The van der Waals surface area contributed by atoms with Crippen LogP contribution in [0.4, 0.5) is 0 Å². The average molecular weight is 473 g/mol. The van der Waals surface area contributed by atoms with E-state index in [2.05, 4.69) is 37.3 Å². The maximum absolute atomic E-state index is 5.98. The van der Waals surface area contributed by atoms with Crippen LogP contribution < -0.4 is 9.47 Å². The third-order valence-corrected chi connectivity index (χ3v) is 5.42. The zero-order valence-corrected chi connectivity index (χ0v) is 20.6. The van der Waals surface area contributed by atoms with Crippen LogP contribution in [0.1, 0.15) is 31.7 Å². The molecule has 1 aliphatic rings. The molecule has 0 aliphatic carbocycles. The zero-order chi connectivity index (χ0) is 19.5. The van der Waals surface area contributed by atoms with Gasteiger partial charge in [0.15, 0.2) is 0 Å². The van der Waals surface area contributed by atoms with Crippen LogP contribution in [0.15, 0.2) is 54.6 Å². The van der Waals surface area contributed by atoms with Crippen molar-refractivity contribution in [3.63, 3.8) is 0 Å². The Labute approximate surface area is 201 Å². The molecule has 0 amide bonds. The second kappa shape index (κ2) is 13.4. The van der Waals surface area contributed by atoms with Crippen LogP contribution in [0.3, 0.4) is 0 Å². The summed E-state index contributed by atoms with van der Waals surface area (Å²) in [7, 11) is 0. The maximum atomic E-state index is 5.98. The number of hydrogen-bond donors (Lipinski definition) is 0. The monoisotopic (exact) mass is 473 g/mol. The van der Waals surface area contributed by atoms with Gasteiger partial charge in [0.1, 0.15) is 31.1 Å². The van der Waals surface area contributed by atoms with E-state index >= 15 is 0 Å². The van der Waals surface area contributed by atoms with E-state index in [0.717, 1.165) is 87.9 Å². The van der Waals surface area contributed by atoms with Crippen LogP contribution in [-0.4, -0.2) is 50.5 Å². The van der Waals surface area contributed by atoms with E-state index in [-0.39, 0.29) is 32.7 Å². The Hall–Kier alpha value is -0.936. The summed E-state index contributed by atoms with van der Waals surface area (Å²) in [5, 5.41) is 0. The number of ether oxygens (including phenoxy) is 3. The van der Waals surface area contributed by atoms with Crippen molar-refractivity contribution in [1.29, 1.82) is 0 Å². The van der Waals surface area contributed by atoms with Gasteiger partial charge in [-0.25, -0.2) is 0 Å². The molecule has 2 aromatic carbocycles. The van der Waals surface area contributed by atoms with Crippen molar-refractivity contribution in [3.05, 3.63) is 60.2 Å². The Morgan fingerprint density at radius 3 is 2.00 bits per heavy atom. The van der Waals surface area contributed by atoms with Gasteiger partial charge >= 0.3 is 0 Å². The van der Waals surface area contributed by atoms with Crippen molar-refractivity contribution in [2.45, 2.75) is 32.7 Å². The molecule has 1 heterocycles. The molecule has 1 aliphatic heterocycles. The summed E-state index contributed by atoms with van der Waals surface area (Å²) < 4.78 is 18.4. The molecule has 3 rings (SSSR count). The van der Waals surface area contributed by atoms with Gasteiger partial charge in [-0.3, -0.25) is 0 Å². The van der Waals surface area contributed by atoms with Gasteiger partial charge in [-0.1, -0.05) is 43.7 Å². The largest absolute Gasteiger partial charge is 0.494 e. The Morgan fingerprint density at radius 1 is 0.828 bits per heavy atom. The van der Waals surface area contributed by atoms with Crippen LogP contribution in [0.25, 0.3) is 0 Å². The molecular weight excluding hydrogens is 439 g/mol. The van der Waals surface area contributed by atoms with Gasteiger partial charge in [0, 0.05) is 44.7 Å². The molecular formula is C24H34NO3Y+. The van der Waals surface area contributed by atoms with Crippen LogP contribution >= 0.6 is 0 Å². The number of nitrogens with zero attached hydrogens (tertiary/aromatic N) is 1. The molecule has 1 fully saturated rings. The first kappa shape index (κ1) is 24.3. The summed E-state index contributed by atoms with van der Waals surface area (Å²) in [6.07, 6.45) is 3.28. The second-order valence-corrected chi connectivity index (χ2v) is 7.64. The van der Waals surface area contributed by atoms with Gasteiger partial charge in [-0.2, -0.15) is 0 Å². The van der Waals surface area contributed by atoms with E-state index < -0.39 is 0 Å². The van der Waals surface area contributed by atoms with E-state index in [1.54, 1.807) is 0 Å². The third-order valence-electron chi connectivity index (χ3n) is 5.42. The van der Waals surface area contributed by atoms with Gasteiger partial charge in [0.05, 0.1) is 33.0 Å². The summed E-state index contributed by atoms with van der Waals surface area (Å²) in [6.45, 7) is 9.76. The van der Waals surface area contributed by atoms with Crippen LogP contribution in [-0.2, 0) is 44.0 Å². The van der Waals surface area contributed by atoms with Gasteiger partial charge < -0.3 is 18.7 Å². The summed E-state index contributed by atoms with van der Waals surface area (Å²) in [5.74, 6) is 1.83. The van der Waals surface area contributed by atoms with E-state index in [1.807, 2.05) is 24.3 Å². The van der Waals surface area contributed by atoms with Crippen molar-refractivity contribution < 1.29 is 51.4 Å². The molecule has 5 heteroatoms. The third kappa shape index (κ3) is 8.37. The molecule has 29 heavy (non-hydrogen) atoms. The number of unbranched alkanes of at least 4 members (excludes halogenated alkanes) is 1. The molecule has 2 aromatic rings. The molecule has 0 spiro atoms. The number of benzene rings is 2. The topological polar surface area (TPSA) is 27.7 Å². The Kier molecular flexibility index (Phi) is 11.2. The van der Waals surface area contributed by atoms with Crippen LogP contribution in [0, 0.1) is 0 Å². The summed E-state index contributed by atoms with van der Waals surface area (Å²) in [4.78, 5) is 0. The van der Waals surface area contributed by atoms with E-state index in [1.165, 1.54) is 5.56 Å². The molecule has 0 N–H and O–H groups in total. The predicted octanol–water partition coefficient (Wildman–Crippen LogP) is 4.68. The number of quaternary nitrogens is 1. The predicted molar refractivity (Wildman–Crippen MR) is 113 cm³/mol. The first-order valence-corrected chi connectivity index (χ1v) is 10.6. The fourth-order valence-electron chi connectivity index (χ4n) is 3.72. The number of hydrogen-bond acceptors (Lipinski definition) is 3. The van der Waals surface area contributed by atoms with Crippen LogP contribution in [0.2, 0.25) is 0 Å². The quantitative estimate of drug-likeness (QED) is 0.351. The fraction of sp³-hybridized carbons (Fsp3) is 0.500. The minimum atomic E-state index is 0. The van der Waals surface area contributed by atoms with Gasteiger partial charge in [0.2, 0.25) is 0 Å². The smallest absolute Gasteiger partial charge is 0.119 e. The maximum Gasteiger partial charge on any atom is 0.119 e. The van der Waals surface area contributed by atoms with E-state index in [4.69, 9.17) is 14.2 Å². The first-order chi connectivity index (χ1) is 13.8. The Balaban J connectivity index is 0.00000300. The number of morpholine rings is 1. The Morgan fingerprint density at radius 2 is 1.41 bits per heavy atom. The Bertz CT molecular complexity index is 672. The SMILES string of the molecule is CCCCOc1ccc(OCCC[N+]2(Cc3ccccc3)CCOCC2)cc1.[Y]. The molecule has 0 bridgehead atoms. The second-order valence-electron chi connectivity index (χ2n) is 7.64. The molecule has 0 aromatic heterocycles. The standard InChI is InChI=1S/C24H34NO3.Y/c1-2-3-17-27-23-10-12-24(13-11-23)28-18-7-14-25(15-19-26-20-16-25)21-22-8-5-4-6-9-22;/h4-6,8-13H,2-3,7,14-21H2,1H3;/q+1;. The number of rotatable bonds is 11. The fourth-order valence-corrected chi connectivity index (χ4v) is 3.72. The normalized spacial score (nSPS) is 15.3. The molecule has 155 valence electrons. The van der Waals surface area contributed by atoms with Crippen LogP contribution in [0.5, 0.6) is 11.5 Å². The molecule has 4 nitrogen and oxygen atoms in total. The summed E-state index contributed by atoms with van der Waals surface area (Å²) >= 11 is 0. The molecule has 0 atom stereocenters. The van der Waals surface area contributed by atoms with E-state index in [9.17, 15) is 0 Å². The molecule has 1 radical (unpaired) electrons. The van der Waals surface area contributed by atoms with Gasteiger partial charge in [0.25, 0.3) is 0 Å². The van der Waals surface area contributed by atoms with Crippen molar-refractivity contribution in [3.8, 4) is 11.5 Å². The summed E-state index contributed by atoms with van der Waals surface area (Å²) in [5.41, 5.74) is 1.41. The average Bonchev–Trinajstić information content (AvgIpc) is 2.74. The van der Waals surface area contributed by atoms with Crippen molar-refractivity contribution >= 4 is 0 Å². The molecule has 0 unspecified atom stereocenters. The van der Waals surface area contributed by atoms with Crippen molar-refractivity contribution in [2.24, 2.45) is 0 Å².